The highest BCUT2D eigenvalue weighted by Gasteiger charge is 2.21. The van der Waals surface area contributed by atoms with Crippen LogP contribution in [-0.4, -0.2) is 42.2 Å². The number of amides is 1. The molecule has 0 saturated carbocycles. The smallest absolute Gasteiger partial charge is 0.238 e. The lowest BCUT2D eigenvalue weighted by Gasteiger charge is -2.31. The number of aliphatic hydroxyl groups is 1. The zero-order valence-electron chi connectivity index (χ0n) is 12.0. The predicted octanol–water partition coefficient (Wildman–Crippen LogP) is 1.44. The minimum absolute atomic E-state index is 0.115. The molecule has 1 aliphatic heterocycles. The van der Waals surface area contributed by atoms with Gasteiger partial charge < -0.3 is 16.2 Å². The number of nitrogens with one attached hydrogen (secondary N) is 1. The Kier molecular flexibility index (Phi) is 5.52. The number of halogens is 1. The Bertz CT molecular complexity index is 494. The number of hydrogen-bond acceptors (Lipinski definition) is 4. The molecule has 0 bridgehead atoms. The van der Waals surface area contributed by atoms with Crippen LogP contribution in [0.3, 0.4) is 0 Å². The van der Waals surface area contributed by atoms with Gasteiger partial charge in [0.1, 0.15) is 5.82 Å². The summed E-state index contributed by atoms with van der Waals surface area (Å²) < 4.78 is 13.6. The molecule has 1 unspecified atom stereocenters. The number of rotatable bonds is 5. The molecule has 1 aromatic rings. The number of benzene rings is 1. The average Bonchev–Trinajstić information content (AvgIpc) is 2.43. The van der Waals surface area contributed by atoms with E-state index in [0.29, 0.717) is 11.6 Å². The number of nitrogens with two attached hydrogens (primary N) is 1. The Labute approximate surface area is 123 Å². The molecule has 1 amide bonds. The number of aliphatic hydroxyl groups excluding tert-OH is 1. The van der Waals surface area contributed by atoms with Crippen molar-refractivity contribution in [2.75, 3.05) is 37.3 Å². The summed E-state index contributed by atoms with van der Waals surface area (Å²) in [6.07, 6.45) is 2.87. The van der Waals surface area contributed by atoms with E-state index in [2.05, 4.69) is 5.32 Å². The first-order valence-electron chi connectivity index (χ1n) is 7.26. The van der Waals surface area contributed by atoms with E-state index >= 15 is 0 Å². The zero-order valence-corrected chi connectivity index (χ0v) is 12.0. The molecule has 21 heavy (non-hydrogen) atoms. The van der Waals surface area contributed by atoms with Gasteiger partial charge in [-0.1, -0.05) is 0 Å². The van der Waals surface area contributed by atoms with E-state index in [9.17, 15) is 9.18 Å². The maximum atomic E-state index is 13.6. The van der Waals surface area contributed by atoms with Gasteiger partial charge in [0.25, 0.3) is 0 Å². The summed E-state index contributed by atoms with van der Waals surface area (Å²) in [5, 5.41) is 11.5. The van der Waals surface area contributed by atoms with Gasteiger partial charge in [0.2, 0.25) is 5.91 Å². The molecule has 0 aliphatic carbocycles. The standard InChI is InChI=1S/C15H22FN3O2/c16-13-4-3-12(17)8-14(13)18-15(21)10-19-6-1-2-11(9-19)5-7-20/h3-4,8,11,20H,1-2,5-7,9-10,17H2,(H,18,21). The Balaban J connectivity index is 1.88. The number of carbonyl (C=O) groups is 1. The Morgan fingerprint density at radius 1 is 1.52 bits per heavy atom. The normalized spacial score (nSPS) is 19.4. The largest absolute Gasteiger partial charge is 0.399 e. The van der Waals surface area contributed by atoms with Gasteiger partial charge in [-0.2, -0.15) is 0 Å². The van der Waals surface area contributed by atoms with Crippen molar-refractivity contribution in [2.45, 2.75) is 19.3 Å². The van der Waals surface area contributed by atoms with Crippen molar-refractivity contribution in [1.82, 2.24) is 4.90 Å². The van der Waals surface area contributed by atoms with Gasteiger partial charge in [-0.05, 0) is 49.9 Å². The molecular weight excluding hydrogens is 273 g/mol. The molecule has 1 fully saturated rings. The quantitative estimate of drug-likeness (QED) is 0.718. The molecule has 1 atom stereocenters. The number of nitrogen functional groups attached to an aromatic ring is 1. The second kappa shape index (κ2) is 7.38. The monoisotopic (exact) mass is 295 g/mol. The van der Waals surface area contributed by atoms with Crippen molar-refractivity contribution >= 4 is 17.3 Å². The van der Waals surface area contributed by atoms with Crippen LogP contribution in [0, 0.1) is 11.7 Å². The van der Waals surface area contributed by atoms with Crippen LogP contribution in [0.4, 0.5) is 15.8 Å². The molecule has 1 saturated heterocycles. The average molecular weight is 295 g/mol. The summed E-state index contributed by atoms with van der Waals surface area (Å²) in [5.41, 5.74) is 6.11. The topological polar surface area (TPSA) is 78.6 Å². The number of nitrogens with zero attached hydrogens (tertiary/aromatic N) is 1. The van der Waals surface area contributed by atoms with Crippen molar-refractivity contribution in [3.8, 4) is 0 Å². The summed E-state index contributed by atoms with van der Waals surface area (Å²) in [6, 6.07) is 4.11. The first kappa shape index (κ1) is 15.7. The minimum Gasteiger partial charge on any atom is -0.399 e. The van der Waals surface area contributed by atoms with E-state index in [1.165, 1.54) is 18.2 Å². The van der Waals surface area contributed by atoms with E-state index in [4.69, 9.17) is 10.8 Å². The number of piperidine rings is 1. The van der Waals surface area contributed by atoms with E-state index in [0.717, 1.165) is 32.4 Å². The van der Waals surface area contributed by atoms with E-state index < -0.39 is 5.82 Å². The molecule has 5 nitrogen and oxygen atoms in total. The molecule has 2 rings (SSSR count). The summed E-state index contributed by atoms with van der Waals surface area (Å²) in [6.45, 7) is 2.07. The molecule has 0 aromatic heterocycles. The fraction of sp³-hybridized carbons (Fsp3) is 0.533. The van der Waals surface area contributed by atoms with Crippen molar-refractivity contribution in [2.24, 2.45) is 5.92 Å². The second-order valence-corrected chi connectivity index (χ2v) is 5.54. The lowest BCUT2D eigenvalue weighted by atomic mass is 9.95. The van der Waals surface area contributed by atoms with Gasteiger partial charge in [-0.3, -0.25) is 9.69 Å². The number of anilines is 2. The van der Waals surface area contributed by atoms with Gasteiger partial charge in [-0.25, -0.2) is 4.39 Å². The van der Waals surface area contributed by atoms with E-state index in [1.807, 2.05) is 4.90 Å². The molecule has 1 aliphatic rings. The third kappa shape index (κ3) is 4.68. The number of hydrogen-bond donors (Lipinski definition) is 3. The molecule has 0 spiro atoms. The SMILES string of the molecule is Nc1ccc(F)c(NC(=O)CN2CCCC(CCO)C2)c1. The van der Waals surface area contributed by atoms with Crippen molar-refractivity contribution < 1.29 is 14.3 Å². The zero-order chi connectivity index (χ0) is 15.2. The van der Waals surface area contributed by atoms with Crippen LogP contribution in [0.1, 0.15) is 19.3 Å². The van der Waals surface area contributed by atoms with Crippen LogP contribution in [-0.2, 0) is 4.79 Å². The molecule has 4 N–H and O–H groups in total. The van der Waals surface area contributed by atoms with Crippen LogP contribution in [0.25, 0.3) is 0 Å². The van der Waals surface area contributed by atoms with Crippen LogP contribution in [0.5, 0.6) is 0 Å². The van der Waals surface area contributed by atoms with Gasteiger partial charge in [0.05, 0.1) is 12.2 Å². The molecule has 0 radical (unpaired) electrons. The van der Waals surface area contributed by atoms with Gasteiger partial charge in [0.15, 0.2) is 0 Å². The Morgan fingerprint density at radius 3 is 3.10 bits per heavy atom. The molecular formula is C15H22FN3O2. The Hall–Kier alpha value is -1.66. The number of likely N-dealkylation sites (tertiary alicyclic amines) is 1. The lowest BCUT2D eigenvalue weighted by molar-refractivity contribution is -0.117. The third-order valence-corrected chi connectivity index (χ3v) is 3.77. The van der Waals surface area contributed by atoms with Crippen LogP contribution in [0.15, 0.2) is 18.2 Å². The fourth-order valence-electron chi connectivity index (χ4n) is 2.74. The van der Waals surface area contributed by atoms with Crippen molar-refractivity contribution in [3.05, 3.63) is 24.0 Å². The Morgan fingerprint density at radius 2 is 2.33 bits per heavy atom. The first-order valence-corrected chi connectivity index (χ1v) is 7.26. The van der Waals surface area contributed by atoms with Crippen LogP contribution >= 0.6 is 0 Å². The van der Waals surface area contributed by atoms with Gasteiger partial charge in [0, 0.05) is 18.8 Å². The van der Waals surface area contributed by atoms with Crippen molar-refractivity contribution in [3.63, 3.8) is 0 Å². The fourth-order valence-corrected chi connectivity index (χ4v) is 2.74. The summed E-state index contributed by atoms with van der Waals surface area (Å²) in [5.74, 6) is -0.306. The predicted molar refractivity (Wildman–Crippen MR) is 80.3 cm³/mol. The maximum Gasteiger partial charge on any atom is 0.238 e. The van der Waals surface area contributed by atoms with Gasteiger partial charge >= 0.3 is 0 Å². The first-order chi connectivity index (χ1) is 10.1. The molecule has 1 heterocycles. The third-order valence-electron chi connectivity index (χ3n) is 3.77. The molecule has 1 aromatic carbocycles. The number of carbonyl (C=O) groups excluding carboxylic acids is 1. The summed E-state index contributed by atoms with van der Waals surface area (Å²) >= 11 is 0. The lowest BCUT2D eigenvalue weighted by Crippen LogP contribution is -2.40. The highest BCUT2D eigenvalue weighted by molar-refractivity contribution is 5.92. The van der Waals surface area contributed by atoms with E-state index in [1.54, 1.807) is 0 Å². The second-order valence-electron chi connectivity index (χ2n) is 5.54. The summed E-state index contributed by atoms with van der Waals surface area (Å²) in [7, 11) is 0. The van der Waals surface area contributed by atoms with Crippen LogP contribution in [0.2, 0.25) is 0 Å². The van der Waals surface area contributed by atoms with Gasteiger partial charge in [-0.15, -0.1) is 0 Å². The van der Waals surface area contributed by atoms with Crippen LogP contribution < -0.4 is 11.1 Å². The minimum atomic E-state index is -0.491. The molecule has 116 valence electrons. The maximum absolute atomic E-state index is 13.6. The van der Waals surface area contributed by atoms with Crippen molar-refractivity contribution in [1.29, 1.82) is 0 Å². The summed E-state index contributed by atoms with van der Waals surface area (Å²) in [4.78, 5) is 14.0. The highest BCUT2D eigenvalue weighted by Crippen LogP contribution is 2.20. The molecule has 6 heteroatoms. The van der Waals surface area contributed by atoms with E-state index in [-0.39, 0.29) is 24.7 Å². The highest BCUT2D eigenvalue weighted by atomic mass is 19.1.